The molecule has 0 amide bonds. The molecule has 1 heterocycles. The molecule has 8 heteroatoms. The quantitative estimate of drug-likeness (QED) is 0.430. The van der Waals surface area contributed by atoms with Crippen LogP contribution in [-0.2, 0) is 6.42 Å². The van der Waals surface area contributed by atoms with Crippen LogP contribution in [0.1, 0.15) is 34.2 Å². The molecule has 0 bridgehead atoms. The van der Waals surface area contributed by atoms with Gasteiger partial charge in [-0.15, -0.1) is 24.8 Å². The van der Waals surface area contributed by atoms with Gasteiger partial charge in [-0.2, -0.15) is 5.10 Å². The minimum atomic E-state index is 0. The Kier molecular flexibility index (Phi) is 6.72. The monoisotopic (exact) mass is 430 g/mol. The molecule has 0 spiro atoms. The second kappa shape index (κ2) is 8.68. The fraction of sp³-hybridized carbons (Fsp3) is 0.190. The van der Waals surface area contributed by atoms with E-state index in [1.165, 1.54) is 5.56 Å². The fourth-order valence-corrected chi connectivity index (χ4v) is 3.69. The van der Waals surface area contributed by atoms with E-state index in [2.05, 4.69) is 37.0 Å². The van der Waals surface area contributed by atoms with Gasteiger partial charge in [0.1, 0.15) is 5.84 Å². The maximum absolute atomic E-state index is 7.76. The van der Waals surface area contributed by atoms with Crippen molar-refractivity contribution in [2.45, 2.75) is 26.7 Å². The summed E-state index contributed by atoms with van der Waals surface area (Å²) >= 11 is 0. The molecule has 2 aromatic carbocycles. The zero-order chi connectivity index (χ0) is 19.1. The molecule has 0 fully saturated rings. The van der Waals surface area contributed by atoms with Crippen molar-refractivity contribution in [3.8, 4) is 11.3 Å². The molecule has 0 saturated heterocycles. The molecular formula is C21H24Cl2N6. The lowest BCUT2D eigenvalue weighted by Gasteiger charge is -2.06. The van der Waals surface area contributed by atoms with Gasteiger partial charge in [0.15, 0.2) is 0 Å². The Morgan fingerprint density at radius 2 is 1.86 bits per heavy atom. The van der Waals surface area contributed by atoms with Gasteiger partial charge in [-0.05, 0) is 37.8 Å². The van der Waals surface area contributed by atoms with Crippen molar-refractivity contribution < 1.29 is 0 Å². The van der Waals surface area contributed by atoms with Crippen LogP contribution in [0, 0.1) is 19.3 Å². The van der Waals surface area contributed by atoms with Crippen LogP contribution >= 0.6 is 24.8 Å². The van der Waals surface area contributed by atoms with Crippen LogP contribution in [0.3, 0.4) is 0 Å². The molecular weight excluding hydrogens is 407 g/mol. The van der Waals surface area contributed by atoms with Gasteiger partial charge in [0.2, 0.25) is 5.95 Å². The first kappa shape index (κ1) is 22.5. The molecule has 0 unspecified atom stereocenters. The summed E-state index contributed by atoms with van der Waals surface area (Å²) in [4.78, 5) is 4.49. The molecule has 1 aliphatic carbocycles. The van der Waals surface area contributed by atoms with Gasteiger partial charge in [-0.3, -0.25) is 5.41 Å². The summed E-state index contributed by atoms with van der Waals surface area (Å²) in [5.41, 5.74) is 19.9. The number of rotatable bonds is 3. The molecule has 29 heavy (non-hydrogen) atoms. The summed E-state index contributed by atoms with van der Waals surface area (Å²) in [7, 11) is 0. The number of nitrogen functional groups attached to an aromatic ring is 2. The van der Waals surface area contributed by atoms with Gasteiger partial charge >= 0.3 is 0 Å². The van der Waals surface area contributed by atoms with Crippen molar-refractivity contribution in [3.63, 3.8) is 0 Å². The third kappa shape index (κ3) is 4.13. The molecule has 5 N–H and O–H groups in total. The standard InChI is InChI=1S/C21H22N6.2ClH/c1-12-6-7-14(13(2)10-12)19-11-27(21(24)25-19)26-18-9-8-15-16(18)4-3-5-17(15)20(22)23;;/h3-7,10-11H,8-9H2,1-2H3,(H3,22,23)(H2,24,25);2*1H/b26-18+;;. The second-order valence-corrected chi connectivity index (χ2v) is 6.94. The lowest BCUT2D eigenvalue weighted by Crippen LogP contribution is -2.13. The van der Waals surface area contributed by atoms with E-state index in [-0.39, 0.29) is 30.6 Å². The van der Waals surface area contributed by atoms with Gasteiger partial charge in [-0.25, -0.2) is 9.66 Å². The highest BCUT2D eigenvalue weighted by Crippen LogP contribution is 2.28. The van der Waals surface area contributed by atoms with Crippen molar-refractivity contribution in [2.24, 2.45) is 10.8 Å². The third-order valence-electron chi connectivity index (χ3n) is 4.99. The Hall–Kier alpha value is -2.83. The number of imidazole rings is 1. The Morgan fingerprint density at radius 3 is 2.55 bits per heavy atom. The van der Waals surface area contributed by atoms with Crippen LogP contribution in [0.25, 0.3) is 11.3 Å². The second-order valence-electron chi connectivity index (χ2n) is 6.94. The maximum Gasteiger partial charge on any atom is 0.221 e. The molecule has 6 nitrogen and oxygen atoms in total. The SMILES string of the molecule is Cc1ccc(-c2cn(/N=C3\CCc4c(C(=N)N)cccc43)c(N)n2)c(C)c1.Cl.Cl. The van der Waals surface area contributed by atoms with Crippen LogP contribution in [0.5, 0.6) is 0 Å². The molecule has 1 aliphatic rings. The van der Waals surface area contributed by atoms with Gasteiger partial charge in [0, 0.05) is 16.7 Å². The van der Waals surface area contributed by atoms with E-state index in [0.29, 0.717) is 5.95 Å². The average molecular weight is 431 g/mol. The molecule has 0 radical (unpaired) electrons. The molecule has 4 rings (SSSR count). The van der Waals surface area contributed by atoms with E-state index in [9.17, 15) is 0 Å². The van der Waals surface area contributed by atoms with Gasteiger partial charge in [0.25, 0.3) is 0 Å². The van der Waals surface area contributed by atoms with Crippen LogP contribution in [0.4, 0.5) is 5.95 Å². The number of aromatic nitrogens is 2. The average Bonchev–Trinajstić information content (AvgIpc) is 3.19. The normalized spacial score (nSPS) is 13.5. The number of nitrogens with zero attached hydrogens (tertiary/aromatic N) is 3. The minimum absolute atomic E-state index is 0. The number of halogens is 2. The third-order valence-corrected chi connectivity index (χ3v) is 4.99. The van der Waals surface area contributed by atoms with Crippen molar-refractivity contribution in [1.82, 2.24) is 9.66 Å². The number of nitrogens with one attached hydrogen (secondary N) is 1. The van der Waals surface area contributed by atoms with E-state index in [1.807, 2.05) is 24.4 Å². The fourth-order valence-electron chi connectivity index (χ4n) is 3.69. The number of hydrogen-bond donors (Lipinski definition) is 3. The number of fused-ring (bicyclic) bond motifs is 1. The summed E-state index contributed by atoms with van der Waals surface area (Å²) < 4.78 is 1.64. The zero-order valence-electron chi connectivity index (χ0n) is 16.3. The summed E-state index contributed by atoms with van der Waals surface area (Å²) in [5, 5.41) is 12.5. The predicted molar refractivity (Wildman–Crippen MR) is 124 cm³/mol. The number of nitrogens with two attached hydrogens (primary N) is 2. The zero-order valence-corrected chi connectivity index (χ0v) is 17.9. The lowest BCUT2D eigenvalue weighted by atomic mass is 10.0. The van der Waals surface area contributed by atoms with Gasteiger partial charge in [-0.1, -0.05) is 42.0 Å². The van der Waals surface area contributed by atoms with Gasteiger partial charge in [0.05, 0.1) is 17.6 Å². The van der Waals surface area contributed by atoms with E-state index in [0.717, 1.165) is 52.1 Å². The smallest absolute Gasteiger partial charge is 0.221 e. The van der Waals surface area contributed by atoms with E-state index in [4.69, 9.17) is 22.0 Å². The van der Waals surface area contributed by atoms with Crippen molar-refractivity contribution in [2.75, 3.05) is 5.73 Å². The first-order valence-corrected chi connectivity index (χ1v) is 8.91. The largest absolute Gasteiger partial charge is 0.384 e. The summed E-state index contributed by atoms with van der Waals surface area (Å²) in [6.07, 6.45) is 3.48. The number of aryl methyl sites for hydroxylation is 2. The van der Waals surface area contributed by atoms with Crippen LogP contribution < -0.4 is 11.5 Å². The van der Waals surface area contributed by atoms with E-state index >= 15 is 0 Å². The molecule has 0 saturated carbocycles. The molecule has 152 valence electrons. The first-order valence-electron chi connectivity index (χ1n) is 8.91. The minimum Gasteiger partial charge on any atom is -0.384 e. The summed E-state index contributed by atoms with van der Waals surface area (Å²) in [6.45, 7) is 4.14. The van der Waals surface area contributed by atoms with E-state index < -0.39 is 0 Å². The number of anilines is 1. The van der Waals surface area contributed by atoms with Crippen molar-refractivity contribution in [1.29, 1.82) is 5.41 Å². The Labute approximate surface area is 182 Å². The maximum atomic E-state index is 7.76. The van der Waals surface area contributed by atoms with Crippen LogP contribution in [-0.4, -0.2) is 21.2 Å². The summed E-state index contributed by atoms with van der Waals surface area (Å²) in [6, 6.07) is 12.1. The van der Waals surface area contributed by atoms with E-state index in [1.54, 1.807) is 4.68 Å². The van der Waals surface area contributed by atoms with Gasteiger partial charge < -0.3 is 11.5 Å². The molecule has 1 aromatic heterocycles. The molecule has 0 aliphatic heterocycles. The Bertz CT molecular complexity index is 1100. The topological polar surface area (TPSA) is 106 Å². The highest BCUT2D eigenvalue weighted by Gasteiger charge is 2.22. The highest BCUT2D eigenvalue weighted by atomic mass is 35.5. The lowest BCUT2D eigenvalue weighted by molar-refractivity contribution is 0.883. The molecule has 0 atom stereocenters. The number of hydrogen-bond acceptors (Lipinski definition) is 4. The van der Waals surface area contributed by atoms with Crippen molar-refractivity contribution in [3.05, 3.63) is 70.4 Å². The van der Waals surface area contributed by atoms with Crippen molar-refractivity contribution >= 4 is 42.3 Å². The van der Waals surface area contributed by atoms with Crippen LogP contribution in [0.15, 0.2) is 47.7 Å². The Balaban J connectivity index is 0.00000150. The number of benzene rings is 2. The first-order chi connectivity index (χ1) is 12.9. The summed E-state index contributed by atoms with van der Waals surface area (Å²) in [5.74, 6) is 0.445. The molecule has 3 aromatic rings. The van der Waals surface area contributed by atoms with Crippen LogP contribution in [0.2, 0.25) is 0 Å². The number of amidine groups is 1. The highest BCUT2D eigenvalue weighted by molar-refractivity contribution is 6.08. The predicted octanol–water partition coefficient (Wildman–Crippen LogP) is 4.08. The Morgan fingerprint density at radius 1 is 1.10 bits per heavy atom.